The van der Waals surface area contributed by atoms with Crippen LogP contribution in [0.5, 0.6) is 0 Å². The van der Waals surface area contributed by atoms with Crippen molar-refractivity contribution in [2.45, 2.75) is 19.8 Å². The van der Waals surface area contributed by atoms with Crippen LogP contribution in [0.15, 0.2) is 42.5 Å². The lowest BCUT2D eigenvalue weighted by atomic mass is 10.0. The van der Waals surface area contributed by atoms with Gasteiger partial charge in [0.2, 0.25) is 0 Å². The number of nitrogens with one attached hydrogen (secondary N) is 1. The number of para-hydroxylation sites is 1. The maximum Gasteiger partial charge on any atom is 0.103 e. The van der Waals surface area contributed by atoms with Crippen molar-refractivity contribution in [1.82, 2.24) is 0 Å². The molecule has 0 radical (unpaired) electrons. The predicted molar refractivity (Wildman–Crippen MR) is 80.0 cm³/mol. The fourth-order valence-electron chi connectivity index (χ4n) is 2.00. The molecule has 0 atom stereocenters. The molecule has 1 N–H and O–H groups in total. The monoisotopic (exact) mass is 270 g/mol. The maximum atomic E-state index is 9.18. The van der Waals surface area contributed by atoms with Gasteiger partial charge in [0.25, 0.3) is 0 Å². The molecule has 2 nitrogen and oxygen atoms in total. The first-order valence-corrected chi connectivity index (χ1v) is 6.56. The highest BCUT2D eigenvalue weighted by Crippen LogP contribution is 2.30. The molecule has 2 aromatic carbocycles. The van der Waals surface area contributed by atoms with Crippen molar-refractivity contribution in [3.63, 3.8) is 0 Å². The van der Waals surface area contributed by atoms with Crippen LogP contribution in [-0.2, 0) is 0 Å². The molecular formula is C16H15ClN2. The quantitative estimate of drug-likeness (QED) is 0.844. The van der Waals surface area contributed by atoms with Gasteiger partial charge in [-0.3, -0.25) is 0 Å². The molecule has 0 heterocycles. The summed E-state index contributed by atoms with van der Waals surface area (Å²) in [6, 6.07) is 15.7. The Hall–Kier alpha value is -1.98. The number of nitriles is 1. The molecule has 0 spiro atoms. The Balaban J connectivity index is 2.43. The second kappa shape index (κ2) is 5.77. The van der Waals surface area contributed by atoms with Crippen LogP contribution >= 0.6 is 11.6 Å². The van der Waals surface area contributed by atoms with Crippen molar-refractivity contribution >= 4 is 23.0 Å². The Bertz CT molecular complexity index is 627. The Labute approximate surface area is 118 Å². The van der Waals surface area contributed by atoms with Crippen LogP contribution in [0, 0.1) is 11.3 Å². The molecular weight excluding hydrogens is 256 g/mol. The summed E-state index contributed by atoms with van der Waals surface area (Å²) >= 11 is 6.04. The molecule has 0 aliphatic carbocycles. The van der Waals surface area contributed by atoms with E-state index in [4.69, 9.17) is 11.6 Å². The van der Waals surface area contributed by atoms with Crippen molar-refractivity contribution < 1.29 is 0 Å². The normalized spacial score (nSPS) is 10.3. The Morgan fingerprint density at radius 2 is 1.74 bits per heavy atom. The first kappa shape index (κ1) is 13.5. The van der Waals surface area contributed by atoms with E-state index < -0.39 is 0 Å². The largest absolute Gasteiger partial charge is 0.354 e. The number of halogens is 1. The highest BCUT2D eigenvalue weighted by Gasteiger charge is 2.10. The average Bonchev–Trinajstić information content (AvgIpc) is 2.39. The fourth-order valence-corrected chi connectivity index (χ4v) is 2.22. The molecule has 0 bridgehead atoms. The van der Waals surface area contributed by atoms with Crippen LogP contribution in [-0.4, -0.2) is 0 Å². The zero-order valence-electron chi connectivity index (χ0n) is 10.9. The van der Waals surface area contributed by atoms with E-state index in [0.717, 1.165) is 11.4 Å². The summed E-state index contributed by atoms with van der Waals surface area (Å²) in [4.78, 5) is 0. The number of benzene rings is 2. The van der Waals surface area contributed by atoms with Gasteiger partial charge in [-0.2, -0.15) is 5.26 Å². The molecule has 0 aliphatic rings. The fraction of sp³-hybridized carbons (Fsp3) is 0.188. The molecule has 0 saturated heterocycles. The van der Waals surface area contributed by atoms with Crippen LogP contribution in [0.1, 0.15) is 30.9 Å². The minimum absolute atomic E-state index is 0.411. The van der Waals surface area contributed by atoms with Crippen LogP contribution in [0.2, 0.25) is 5.02 Å². The number of nitrogens with zero attached hydrogens (tertiary/aromatic N) is 1. The van der Waals surface area contributed by atoms with Crippen molar-refractivity contribution in [2.24, 2.45) is 0 Å². The lowest BCUT2D eigenvalue weighted by Gasteiger charge is -2.15. The lowest BCUT2D eigenvalue weighted by Crippen LogP contribution is -1.99. The van der Waals surface area contributed by atoms with Crippen molar-refractivity contribution in [2.75, 3.05) is 5.32 Å². The second-order valence-corrected chi connectivity index (χ2v) is 5.05. The summed E-state index contributed by atoms with van der Waals surface area (Å²) in [6.45, 7) is 4.29. The van der Waals surface area contributed by atoms with Gasteiger partial charge in [0.1, 0.15) is 6.07 Å². The van der Waals surface area contributed by atoms with Gasteiger partial charge in [-0.25, -0.2) is 0 Å². The molecule has 0 aromatic heterocycles. The van der Waals surface area contributed by atoms with Gasteiger partial charge in [-0.15, -0.1) is 0 Å². The minimum atomic E-state index is 0.411. The first-order chi connectivity index (χ1) is 9.13. The first-order valence-electron chi connectivity index (χ1n) is 6.18. The molecule has 0 aliphatic heterocycles. The van der Waals surface area contributed by atoms with Gasteiger partial charge in [-0.05, 0) is 29.7 Å². The summed E-state index contributed by atoms with van der Waals surface area (Å²) in [6.07, 6.45) is 0. The summed E-state index contributed by atoms with van der Waals surface area (Å²) in [5, 5.41) is 13.0. The van der Waals surface area contributed by atoms with E-state index >= 15 is 0 Å². The van der Waals surface area contributed by atoms with Gasteiger partial charge in [-0.1, -0.05) is 49.7 Å². The average molecular weight is 271 g/mol. The summed E-state index contributed by atoms with van der Waals surface area (Å²) in [5.41, 5.74) is 3.44. The smallest absolute Gasteiger partial charge is 0.103 e. The van der Waals surface area contributed by atoms with E-state index in [-0.39, 0.29) is 0 Å². The predicted octanol–water partition coefficient (Wildman–Crippen LogP) is 5.08. The molecule has 3 heteroatoms. The molecule has 2 rings (SSSR count). The van der Waals surface area contributed by atoms with E-state index in [1.807, 2.05) is 30.3 Å². The second-order valence-electron chi connectivity index (χ2n) is 4.64. The number of rotatable bonds is 3. The number of hydrogen-bond acceptors (Lipinski definition) is 2. The molecule has 0 amide bonds. The Kier molecular flexibility index (Phi) is 4.09. The third kappa shape index (κ3) is 2.89. The van der Waals surface area contributed by atoms with Crippen LogP contribution in [0.3, 0.4) is 0 Å². The van der Waals surface area contributed by atoms with Crippen molar-refractivity contribution in [3.8, 4) is 6.07 Å². The van der Waals surface area contributed by atoms with Gasteiger partial charge >= 0.3 is 0 Å². The SMILES string of the molecule is CC(C)c1ccccc1Nc1cccc(Cl)c1C#N. The lowest BCUT2D eigenvalue weighted by molar-refractivity contribution is 0.869. The van der Waals surface area contributed by atoms with Crippen molar-refractivity contribution in [3.05, 3.63) is 58.6 Å². The van der Waals surface area contributed by atoms with E-state index in [1.54, 1.807) is 6.07 Å². The van der Waals surface area contributed by atoms with E-state index in [2.05, 4.69) is 31.3 Å². The zero-order chi connectivity index (χ0) is 13.8. The van der Waals surface area contributed by atoms with Crippen LogP contribution in [0.4, 0.5) is 11.4 Å². The molecule has 0 fully saturated rings. The van der Waals surface area contributed by atoms with E-state index in [0.29, 0.717) is 16.5 Å². The zero-order valence-corrected chi connectivity index (χ0v) is 11.7. The molecule has 96 valence electrons. The van der Waals surface area contributed by atoms with E-state index in [1.165, 1.54) is 5.56 Å². The maximum absolute atomic E-state index is 9.18. The molecule has 0 unspecified atom stereocenters. The topological polar surface area (TPSA) is 35.8 Å². The van der Waals surface area contributed by atoms with Crippen molar-refractivity contribution in [1.29, 1.82) is 5.26 Å². The minimum Gasteiger partial charge on any atom is -0.354 e. The van der Waals surface area contributed by atoms with Crippen LogP contribution in [0.25, 0.3) is 0 Å². The van der Waals surface area contributed by atoms with E-state index in [9.17, 15) is 5.26 Å². The summed E-state index contributed by atoms with van der Waals surface area (Å²) < 4.78 is 0. The number of hydrogen-bond donors (Lipinski definition) is 1. The van der Waals surface area contributed by atoms with Crippen LogP contribution < -0.4 is 5.32 Å². The Morgan fingerprint density at radius 3 is 2.42 bits per heavy atom. The van der Waals surface area contributed by atoms with Gasteiger partial charge in [0.15, 0.2) is 0 Å². The van der Waals surface area contributed by atoms with Gasteiger partial charge in [0.05, 0.1) is 16.3 Å². The van der Waals surface area contributed by atoms with Gasteiger partial charge < -0.3 is 5.32 Å². The Morgan fingerprint density at radius 1 is 1.05 bits per heavy atom. The highest BCUT2D eigenvalue weighted by atomic mass is 35.5. The third-order valence-corrected chi connectivity index (χ3v) is 3.29. The molecule has 19 heavy (non-hydrogen) atoms. The molecule has 2 aromatic rings. The number of anilines is 2. The third-order valence-electron chi connectivity index (χ3n) is 2.98. The summed E-state index contributed by atoms with van der Waals surface area (Å²) in [7, 11) is 0. The summed E-state index contributed by atoms with van der Waals surface area (Å²) in [5.74, 6) is 0.411. The molecule has 0 saturated carbocycles. The van der Waals surface area contributed by atoms with Gasteiger partial charge in [0, 0.05) is 5.69 Å². The highest BCUT2D eigenvalue weighted by molar-refractivity contribution is 6.32. The standard InChI is InChI=1S/C16H15ClN2/c1-11(2)12-6-3-4-8-15(12)19-16-9-5-7-14(17)13(16)10-18/h3-9,11,19H,1-2H3.